The van der Waals surface area contributed by atoms with Gasteiger partial charge in [0.05, 0.1) is 10.7 Å². The molecule has 0 unspecified atom stereocenters. The van der Waals surface area contributed by atoms with Crippen LogP contribution in [0, 0.1) is 3.57 Å². The first kappa shape index (κ1) is 22.7. The predicted octanol–water partition coefficient (Wildman–Crippen LogP) is 4.70. The van der Waals surface area contributed by atoms with Crippen molar-refractivity contribution in [1.29, 1.82) is 0 Å². The van der Waals surface area contributed by atoms with Crippen molar-refractivity contribution in [2.75, 3.05) is 24.4 Å². The quantitative estimate of drug-likeness (QED) is 0.360. The summed E-state index contributed by atoms with van der Waals surface area (Å²) in [6, 6.07) is 21.4. The highest BCUT2D eigenvalue weighted by Gasteiger charge is 2.14. The number of halogens is 1. The number of benzene rings is 3. The van der Waals surface area contributed by atoms with E-state index in [1.54, 1.807) is 61.5 Å². The molecule has 0 spiro atoms. The SMILES string of the molecule is COc1ccc(C(=O)NC(=S)Nc2ccc(C(=O)N(C)c3ccccc3)cc2)cc1I. The molecule has 0 bridgehead atoms. The molecule has 0 aliphatic heterocycles. The van der Waals surface area contributed by atoms with Crippen LogP contribution in [-0.2, 0) is 0 Å². The van der Waals surface area contributed by atoms with Crippen molar-refractivity contribution in [2.45, 2.75) is 0 Å². The Morgan fingerprint density at radius 3 is 2.23 bits per heavy atom. The van der Waals surface area contributed by atoms with Crippen molar-refractivity contribution >= 4 is 63.1 Å². The van der Waals surface area contributed by atoms with Gasteiger partial charge in [-0.15, -0.1) is 0 Å². The number of ether oxygens (including phenoxy) is 1. The van der Waals surface area contributed by atoms with Gasteiger partial charge in [0.1, 0.15) is 5.75 Å². The minimum atomic E-state index is -0.325. The second-order valence-corrected chi connectivity index (χ2v) is 8.11. The van der Waals surface area contributed by atoms with Crippen LogP contribution in [0.25, 0.3) is 0 Å². The van der Waals surface area contributed by atoms with Crippen LogP contribution in [0.4, 0.5) is 11.4 Å². The second-order valence-electron chi connectivity index (χ2n) is 6.53. The van der Waals surface area contributed by atoms with Gasteiger partial charge in [0.2, 0.25) is 0 Å². The van der Waals surface area contributed by atoms with Gasteiger partial charge in [0, 0.05) is 29.5 Å². The van der Waals surface area contributed by atoms with E-state index in [2.05, 4.69) is 33.2 Å². The molecule has 0 saturated carbocycles. The molecule has 2 N–H and O–H groups in total. The van der Waals surface area contributed by atoms with Crippen LogP contribution in [0.2, 0.25) is 0 Å². The highest BCUT2D eigenvalue weighted by molar-refractivity contribution is 14.1. The van der Waals surface area contributed by atoms with E-state index in [0.717, 1.165) is 9.26 Å². The van der Waals surface area contributed by atoms with Crippen LogP contribution >= 0.6 is 34.8 Å². The normalized spacial score (nSPS) is 10.2. The van der Waals surface area contributed by atoms with Crippen molar-refractivity contribution in [3.8, 4) is 5.75 Å². The summed E-state index contributed by atoms with van der Waals surface area (Å²) in [4.78, 5) is 26.7. The van der Waals surface area contributed by atoms with Gasteiger partial charge < -0.3 is 15.0 Å². The molecule has 0 aliphatic carbocycles. The molecule has 3 aromatic carbocycles. The molecule has 6 nitrogen and oxygen atoms in total. The highest BCUT2D eigenvalue weighted by Crippen LogP contribution is 2.21. The third-order valence-electron chi connectivity index (χ3n) is 4.48. The average Bonchev–Trinajstić information content (AvgIpc) is 2.79. The number of carbonyl (C=O) groups is 2. The molecule has 0 atom stereocenters. The Bertz CT molecular complexity index is 1100. The van der Waals surface area contributed by atoms with Gasteiger partial charge in [0.25, 0.3) is 11.8 Å². The van der Waals surface area contributed by atoms with Gasteiger partial charge in [-0.25, -0.2) is 0 Å². The molecule has 0 aromatic heterocycles. The zero-order valence-corrected chi connectivity index (χ0v) is 19.9. The fourth-order valence-electron chi connectivity index (χ4n) is 2.80. The summed E-state index contributed by atoms with van der Waals surface area (Å²) >= 11 is 7.34. The van der Waals surface area contributed by atoms with Gasteiger partial charge in [-0.05, 0) is 89.4 Å². The van der Waals surface area contributed by atoms with Gasteiger partial charge in [-0.3, -0.25) is 14.9 Å². The Labute approximate surface area is 199 Å². The molecular weight excluding hydrogens is 525 g/mol. The first-order chi connectivity index (χ1) is 14.9. The highest BCUT2D eigenvalue weighted by atomic mass is 127. The number of anilines is 2. The lowest BCUT2D eigenvalue weighted by Crippen LogP contribution is -2.34. The Kier molecular flexibility index (Phi) is 7.59. The van der Waals surface area contributed by atoms with Crippen molar-refractivity contribution in [3.63, 3.8) is 0 Å². The smallest absolute Gasteiger partial charge is 0.258 e. The molecule has 3 aromatic rings. The van der Waals surface area contributed by atoms with E-state index in [-0.39, 0.29) is 16.9 Å². The van der Waals surface area contributed by atoms with Crippen LogP contribution in [0.3, 0.4) is 0 Å². The number of rotatable bonds is 5. The maximum Gasteiger partial charge on any atom is 0.258 e. The number of amides is 2. The molecule has 158 valence electrons. The number of thiocarbonyl (C=S) groups is 1. The van der Waals surface area contributed by atoms with Crippen LogP contribution in [0.5, 0.6) is 5.75 Å². The number of hydrogen-bond acceptors (Lipinski definition) is 4. The summed E-state index contributed by atoms with van der Waals surface area (Å²) in [6.07, 6.45) is 0. The number of carbonyl (C=O) groups excluding carboxylic acids is 2. The van der Waals surface area contributed by atoms with Crippen LogP contribution in [0.1, 0.15) is 20.7 Å². The minimum absolute atomic E-state index is 0.122. The summed E-state index contributed by atoms with van der Waals surface area (Å²) in [5.41, 5.74) is 2.49. The van der Waals surface area contributed by atoms with Crippen molar-refractivity contribution in [3.05, 3.63) is 87.5 Å². The molecule has 3 rings (SSSR count). The molecule has 0 fully saturated rings. The van der Waals surface area contributed by atoms with E-state index in [4.69, 9.17) is 17.0 Å². The first-order valence-electron chi connectivity index (χ1n) is 9.28. The van der Waals surface area contributed by atoms with Gasteiger partial charge in [0.15, 0.2) is 5.11 Å². The van der Waals surface area contributed by atoms with E-state index in [0.29, 0.717) is 22.6 Å². The van der Waals surface area contributed by atoms with E-state index in [9.17, 15) is 9.59 Å². The molecule has 2 amide bonds. The van der Waals surface area contributed by atoms with E-state index >= 15 is 0 Å². The third-order valence-corrected chi connectivity index (χ3v) is 5.53. The summed E-state index contributed by atoms with van der Waals surface area (Å²) in [7, 11) is 3.31. The van der Waals surface area contributed by atoms with E-state index < -0.39 is 0 Å². The topological polar surface area (TPSA) is 70.7 Å². The number of para-hydroxylation sites is 1. The Balaban J connectivity index is 1.60. The monoisotopic (exact) mass is 545 g/mol. The maximum absolute atomic E-state index is 12.7. The maximum atomic E-state index is 12.7. The van der Waals surface area contributed by atoms with Crippen molar-refractivity contribution in [2.24, 2.45) is 0 Å². The molecule has 0 radical (unpaired) electrons. The molecule has 0 saturated heterocycles. The largest absolute Gasteiger partial charge is 0.496 e. The number of nitrogens with one attached hydrogen (secondary N) is 2. The third kappa shape index (κ3) is 5.80. The van der Waals surface area contributed by atoms with Crippen LogP contribution in [-0.4, -0.2) is 31.1 Å². The zero-order chi connectivity index (χ0) is 22.4. The minimum Gasteiger partial charge on any atom is -0.496 e. The first-order valence-corrected chi connectivity index (χ1v) is 10.8. The summed E-state index contributed by atoms with van der Waals surface area (Å²) in [5.74, 6) is 0.252. The lowest BCUT2D eigenvalue weighted by molar-refractivity contribution is 0.0974. The second kappa shape index (κ2) is 10.4. The summed E-state index contributed by atoms with van der Waals surface area (Å²) in [6.45, 7) is 0. The molecular formula is C23H20IN3O3S. The van der Waals surface area contributed by atoms with E-state index in [1.807, 2.05) is 30.3 Å². The van der Waals surface area contributed by atoms with E-state index in [1.165, 1.54) is 0 Å². The summed E-state index contributed by atoms with van der Waals surface area (Å²) < 4.78 is 6.03. The fraction of sp³-hybridized carbons (Fsp3) is 0.0870. The number of nitrogens with zero attached hydrogens (tertiary/aromatic N) is 1. The lowest BCUT2D eigenvalue weighted by Gasteiger charge is -2.17. The molecule has 0 heterocycles. The van der Waals surface area contributed by atoms with Crippen molar-refractivity contribution in [1.82, 2.24) is 5.32 Å². The summed E-state index contributed by atoms with van der Waals surface area (Å²) in [5, 5.41) is 5.77. The van der Waals surface area contributed by atoms with Crippen LogP contribution < -0.4 is 20.3 Å². The molecule has 8 heteroatoms. The fourth-order valence-corrected chi connectivity index (χ4v) is 3.75. The molecule has 31 heavy (non-hydrogen) atoms. The zero-order valence-electron chi connectivity index (χ0n) is 16.9. The number of hydrogen-bond donors (Lipinski definition) is 2. The Morgan fingerprint density at radius 2 is 1.61 bits per heavy atom. The van der Waals surface area contributed by atoms with Gasteiger partial charge in [-0.1, -0.05) is 18.2 Å². The van der Waals surface area contributed by atoms with Crippen molar-refractivity contribution < 1.29 is 14.3 Å². The van der Waals surface area contributed by atoms with Crippen LogP contribution in [0.15, 0.2) is 72.8 Å². The Morgan fingerprint density at radius 1 is 0.968 bits per heavy atom. The molecule has 0 aliphatic rings. The van der Waals surface area contributed by atoms with Gasteiger partial charge in [-0.2, -0.15) is 0 Å². The standard InChI is InChI=1S/C23H20IN3O3S/c1-27(18-6-4-3-5-7-18)22(29)15-8-11-17(12-9-15)25-23(31)26-21(28)16-10-13-20(30-2)19(24)14-16/h3-14H,1-2H3,(H2,25,26,28,31). The Hall–Kier alpha value is -2.98. The lowest BCUT2D eigenvalue weighted by atomic mass is 10.1. The average molecular weight is 545 g/mol. The number of methoxy groups -OCH3 is 1. The predicted molar refractivity (Wildman–Crippen MR) is 135 cm³/mol. The van der Waals surface area contributed by atoms with Gasteiger partial charge >= 0.3 is 0 Å².